The van der Waals surface area contributed by atoms with Crippen molar-refractivity contribution in [1.29, 1.82) is 0 Å². The highest BCUT2D eigenvalue weighted by atomic mass is 35.5. The van der Waals surface area contributed by atoms with Crippen LogP contribution in [0.5, 0.6) is 0 Å². The fourth-order valence-corrected chi connectivity index (χ4v) is 2.89. The summed E-state index contributed by atoms with van der Waals surface area (Å²) in [6, 6.07) is 7.71. The number of nitrogens with one attached hydrogen (secondary N) is 2. The minimum absolute atomic E-state index is 0.199. The molecule has 1 aromatic carbocycles. The summed E-state index contributed by atoms with van der Waals surface area (Å²) in [7, 11) is 0. The van der Waals surface area contributed by atoms with Crippen molar-refractivity contribution in [2.45, 2.75) is 38.6 Å². The first-order valence-electron chi connectivity index (χ1n) is 7.70. The lowest BCUT2D eigenvalue weighted by Gasteiger charge is -2.33. The molecule has 116 valence electrons. The van der Waals surface area contributed by atoms with E-state index in [-0.39, 0.29) is 6.03 Å². The Labute approximate surface area is 131 Å². The molecule has 5 heteroatoms. The van der Waals surface area contributed by atoms with Crippen molar-refractivity contribution in [2.75, 3.05) is 25.0 Å². The van der Waals surface area contributed by atoms with Gasteiger partial charge in [0.15, 0.2) is 0 Å². The van der Waals surface area contributed by atoms with Crippen LogP contribution >= 0.6 is 11.6 Å². The Morgan fingerprint density at radius 3 is 2.95 bits per heavy atom. The fraction of sp³-hybridized carbons (Fsp3) is 0.562. The second-order valence-corrected chi connectivity index (χ2v) is 6.00. The summed E-state index contributed by atoms with van der Waals surface area (Å²) in [5.74, 6) is 0. The maximum absolute atomic E-state index is 11.8. The van der Waals surface area contributed by atoms with Crippen molar-refractivity contribution in [3.63, 3.8) is 0 Å². The van der Waals surface area contributed by atoms with Crippen molar-refractivity contribution < 1.29 is 4.79 Å². The molecule has 2 N–H and O–H groups in total. The van der Waals surface area contributed by atoms with Crippen molar-refractivity contribution >= 4 is 23.3 Å². The predicted molar refractivity (Wildman–Crippen MR) is 88.0 cm³/mol. The number of halogens is 1. The molecule has 1 aromatic rings. The van der Waals surface area contributed by atoms with Crippen LogP contribution in [0, 0.1) is 0 Å². The average molecular weight is 310 g/mol. The summed E-state index contributed by atoms with van der Waals surface area (Å²) < 4.78 is 0. The number of likely N-dealkylation sites (tertiary alicyclic amines) is 1. The van der Waals surface area contributed by atoms with Gasteiger partial charge in [0, 0.05) is 19.1 Å². The van der Waals surface area contributed by atoms with Crippen molar-refractivity contribution in [2.24, 2.45) is 0 Å². The number of amides is 2. The number of benzene rings is 1. The van der Waals surface area contributed by atoms with Gasteiger partial charge >= 0.3 is 6.03 Å². The Hall–Kier alpha value is -1.26. The van der Waals surface area contributed by atoms with Gasteiger partial charge in [-0.25, -0.2) is 4.79 Å². The highest BCUT2D eigenvalue weighted by molar-refractivity contribution is 6.33. The third kappa shape index (κ3) is 5.21. The lowest BCUT2D eigenvalue weighted by Crippen LogP contribution is -2.39. The quantitative estimate of drug-likeness (QED) is 0.814. The van der Waals surface area contributed by atoms with E-state index < -0.39 is 0 Å². The molecule has 1 aliphatic heterocycles. The number of hydrogen-bond acceptors (Lipinski definition) is 2. The number of piperidine rings is 1. The summed E-state index contributed by atoms with van der Waals surface area (Å²) in [6.45, 7) is 5.21. The second kappa shape index (κ2) is 8.25. The van der Waals surface area contributed by atoms with Gasteiger partial charge in [0.05, 0.1) is 10.7 Å². The zero-order valence-electron chi connectivity index (χ0n) is 12.6. The van der Waals surface area contributed by atoms with Crippen LogP contribution in [0.3, 0.4) is 0 Å². The van der Waals surface area contributed by atoms with E-state index in [0.29, 0.717) is 23.3 Å². The van der Waals surface area contributed by atoms with E-state index in [2.05, 4.69) is 22.5 Å². The van der Waals surface area contributed by atoms with Crippen LogP contribution in [0.1, 0.15) is 32.6 Å². The number of rotatable bonds is 5. The first-order chi connectivity index (χ1) is 10.2. The summed E-state index contributed by atoms with van der Waals surface area (Å²) in [5, 5.41) is 6.19. The molecule has 0 saturated carbocycles. The van der Waals surface area contributed by atoms with E-state index in [4.69, 9.17) is 11.6 Å². The number of urea groups is 1. The van der Waals surface area contributed by atoms with Crippen LogP contribution in [-0.2, 0) is 0 Å². The number of carbonyl (C=O) groups is 1. The fourth-order valence-electron chi connectivity index (χ4n) is 2.70. The van der Waals surface area contributed by atoms with Gasteiger partial charge in [-0.3, -0.25) is 0 Å². The van der Waals surface area contributed by atoms with Gasteiger partial charge in [-0.2, -0.15) is 0 Å². The van der Waals surface area contributed by atoms with E-state index in [1.54, 1.807) is 12.1 Å². The maximum atomic E-state index is 11.8. The number of para-hydroxylation sites is 1. The van der Waals surface area contributed by atoms with Crippen LogP contribution < -0.4 is 10.6 Å². The molecule has 0 unspecified atom stereocenters. The summed E-state index contributed by atoms with van der Waals surface area (Å²) >= 11 is 6.00. The van der Waals surface area contributed by atoms with E-state index in [1.165, 1.54) is 25.8 Å². The van der Waals surface area contributed by atoms with Crippen LogP contribution in [0.4, 0.5) is 10.5 Å². The van der Waals surface area contributed by atoms with Gasteiger partial charge in [-0.15, -0.1) is 0 Å². The minimum Gasteiger partial charge on any atom is -0.338 e. The zero-order chi connectivity index (χ0) is 15.1. The molecule has 0 radical (unpaired) electrons. The number of anilines is 1. The summed E-state index contributed by atoms with van der Waals surface area (Å²) in [4.78, 5) is 14.3. The lowest BCUT2D eigenvalue weighted by molar-refractivity contribution is 0.159. The van der Waals surface area contributed by atoms with Gasteiger partial charge < -0.3 is 15.5 Å². The summed E-state index contributed by atoms with van der Waals surface area (Å²) in [6.07, 6.45) is 4.90. The molecule has 2 rings (SSSR count). The highest BCUT2D eigenvalue weighted by Gasteiger charge is 2.17. The third-order valence-corrected chi connectivity index (χ3v) is 4.30. The maximum Gasteiger partial charge on any atom is 0.319 e. The molecule has 21 heavy (non-hydrogen) atoms. The highest BCUT2D eigenvalue weighted by Crippen LogP contribution is 2.20. The lowest BCUT2D eigenvalue weighted by atomic mass is 10.0. The number of hydrogen-bond donors (Lipinski definition) is 2. The van der Waals surface area contributed by atoms with Gasteiger partial charge in [-0.1, -0.05) is 30.2 Å². The molecule has 1 heterocycles. The second-order valence-electron chi connectivity index (χ2n) is 5.60. The van der Waals surface area contributed by atoms with Crippen LogP contribution in [0.2, 0.25) is 5.02 Å². The SMILES string of the molecule is C[C@H]1CCCCN1CCCNC(=O)Nc1ccccc1Cl. The molecule has 1 aliphatic rings. The predicted octanol–water partition coefficient (Wildman–Crippen LogP) is 3.73. The van der Waals surface area contributed by atoms with Crippen LogP contribution in [0.25, 0.3) is 0 Å². The Morgan fingerprint density at radius 2 is 2.19 bits per heavy atom. The van der Waals surface area contributed by atoms with Gasteiger partial charge in [0.1, 0.15) is 0 Å². The molecule has 1 fully saturated rings. The van der Waals surface area contributed by atoms with E-state index in [1.807, 2.05) is 12.1 Å². The number of carbonyl (C=O) groups excluding carboxylic acids is 1. The monoisotopic (exact) mass is 309 g/mol. The molecule has 2 amide bonds. The smallest absolute Gasteiger partial charge is 0.319 e. The van der Waals surface area contributed by atoms with Gasteiger partial charge in [-0.05, 0) is 44.9 Å². The molecule has 1 atom stereocenters. The van der Waals surface area contributed by atoms with E-state index in [0.717, 1.165) is 13.0 Å². The van der Waals surface area contributed by atoms with Crippen LogP contribution in [0.15, 0.2) is 24.3 Å². The molecular formula is C16H24ClN3O. The van der Waals surface area contributed by atoms with Crippen LogP contribution in [-0.4, -0.2) is 36.6 Å². The molecule has 0 aromatic heterocycles. The molecule has 0 bridgehead atoms. The standard InChI is InChI=1S/C16H24ClN3O/c1-13-7-4-5-11-20(13)12-6-10-18-16(21)19-15-9-3-2-8-14(15)17/h2-3,8-9,13H,4-7,10-12H2,1H3,(H2,18,19,21)/t13-/m0/s1. The van der Waals surface area contributed by atoms with E-state index >= 15 is 0 Å². The largest absolute Gasteiger partial charge is 0.338 e. The number of nitrogens with zero attached hydrogens (tertiary/aromatic N) is 1. The van der Waals surface area contributed by atoms with Crippen molar-refractivity contribution in [3.05, 3.63) is 29.3 Å². The molecule has 0 aliphatic carbocycles. The molecule has 1 saturated heterocycles. The average Bonchev–Trinajstić information content (AvgIpc) is 2.48. The Balaban J connectivity index is 1.64. The first-order valence-corrected chi connectivity index (χ1v) is 8.08. The van der Waals surface area contributed by atoms with Crippen molar-refractivity contribution in [1.82, 2.24) is 10.2 Å². The first kappa shape index (κ1) is 16.1. The summed E-state index contributed by atoms with van der Waals surface area (Å²) in [5.41, 5.74) is 0.640. The zero-order valence-corrected chi connectivity index (χ0v) is 13.3. The van der Waals surface area contributed by atoms with Gasteiger partial charge in [0.2, 0.25) is 0 Å². The van der Waals surface area contributed by atoms with Crippen molar-refractivity contribution in [3.8, 4) is 0 Å². The Kier molecular flexibility index (Phi) is 6.33. The van der Waals surface area contributed by atoms with Gasteiger partial charge in [0.25, 0.3) is 0 Å². The Bertz CT molecular complexity index is 467. The molecule has 4 nitrogen and oxygen atoms in total. The molecule has 0 spiro atoms. The normalized spacial score (nSPS) is 19.2. The molecular weight excluding hydrogens is 286 g/mol. The third-order valence-electron chi connectivity index (χ3n) is 3.97. The minimum atomic E-state index is -0.199. The Morgan fingerprint density at radius 1 is 1.38 bits per heavy atom. The van der Waals surface area contributed by atoms with E-state index in [9.17, 15) is 4.79 Å². The topological polar surface area (TPSA) is 44.4 Å².